The van der Waals surface area contributed by atoms with Gasteiger partial charge in [-0.2, -0.15) is 4.98 Å². The van der Waals surface area contributed by atoms with E-state index in [0.717, 1.165) is 10.9 Å². The molecule has 258 valence electrons. The number of nitrogens with two attached hydrogens (primary N) is 2. The first-order valence-corrected chi connectivity index (χ1v) is 19.2. The number of fused-ring (bicyclic) bond motifs is 3. The second-order valence-corrected chi connectivity index (χ2v) is 17.2. The summed E-state index contributed by atoms with van der Waals surface area (Å²) in [7, 11) is 0. The zero-order valence-corrected chi connectivity index (χ0v) is 27.3. The maximum absolute atomic E-state index is 16.2. The Morgan fingerprint density at radius 2 is 1.65 bits per heavy atom. The fourth-order valence-electron chi connectivity index (χ4n) is 6.46. The summed E-state index contributed by atoms with van der Waals surface area (Å²) in [4.78, 5) is 53.3. The molecule has 2 bridgehead atoms. The van der Waals surface area contributed by atoms with Gasteiger partial charge in [-0.25, -0.2) is 28.1 Å². The van der Waals surface area contributed by atoms with E-state index in [4.69, 9.17) is 62.6 Å². The van der Waals surface area contributed by atoms with Crippen molar-refractivity contribution in [3.63, 3.8) is 0 Å². The van der Waals surface area contributed by atoms with Crippen LogP contribution in [0.3, 0.4) is 0 Å². The molecule has 48 heavy (non-hydrogen) atoms. The number of imidazole rings is 2. The molecule has 7 heterocycles. The minimum atomic E-state index is -4.47. The molecular weight excluding hydrogens is 729 g/mol. The summed E-state index contributed by atoms with van der Waals surface area (Å²) in [5.74, 6) is -3.69. The SMILES string of the molecule is Nc1nc2c(ncn2[C@@H]2O[C@@H]3COP(O)(=S)O[C@H]4[C@H](n5cnc6c(N)ccnc65)O[C@H](COP(O)(=S)O[C@H]3[C@H]2F)[C@]42CC2(F)F)c(=O)[nH]1. The fraction of sp³-hybridized carbons (Fsp3) is 0.522. The average Bonchev–Trinajstić information content (AvgIpc) is 3.49. The van der Waals surface area contributed by atoms with Crippen LogP contribution in [0.1, 0.15) is 18.9 Å². The van der Waals surface area contributed by atoms with E-state index in [2.05, 4.69) is 24.9 Å². The highest BCUT2D eigenvalue weighted by molar-refractivity contribution is 8.07. The third kappa shape index (κ3) is 5.03. The van der Waals surface area contributed by atoms with Crippen molar-refractivity contribution in [2.45, 2.75) is 55.4 Å². The molecule has 1 spiro atoms. The molecule has 2 unspecified atom stereocenters. The highest BCUT2D eigenvalue weighted by Crippen LogP contribution is 2.73. The number of pyridine rings is 1. The lowest BCUT2D eigenvalue weighted by Gasteiger charge is -2.29. The van der Waals surface area contributed by atoms with E-state index < -0.39 is 93.0 Å². The zero-order chi connectivity index (χ0) is 34.0. The first kappa shape index (κ1) is 32.5. The van der Waals surface area contributed by atoms with Gasteiger partial charge in [0.25, 0.3) is 11.5 Å². The Balaban J connectivity index is 1.15. The van der Waals surface area contributed by atoms with Crippen LogP contribution in [0.2, 0.25) is 0 Å². The largest absolute Gasteiger partial charge is 0.397 e. The Morgan fingerprint density at radius 3 is 2.38 bits per heavy atom. The van der Waals surface area contributed by atoms with Gasteiger partial charge < -0.3 is 39.8 Å². The van der Waals surface area contributed by atoms with Gasteiger partial charge in [0.05, 0.1) is 43.1 Å². The molecule has 4 aromatic rings. The number of alkyl halides is 3. The van der Waals surface area contributed by atoms with Crippen molar-refractivity contribution in [2.24, 2.45) is 5.41 Å². The van der Waals surface area contributed by atoms with E-state index in [1.807, 2.05) is 0 Å². The minimum absolute atomic E-state index is 0.132. The van der Waals surface area contributed by atoms with Crippen molar-refractivity contribution in [3.8, 4) is 0 Å². The number of hydrogen-bond donors (Lipinski definition) is 5. The predicted molar refractivity (Wildman–Crippen MR) is 164 cm³/mol. The number of aromatic amines is 1. The van der Waals surface area contributed by atoms with Crippen LogP contribution in [0.5, 0.6) is 0 Å². The van der Waals surface area contributed by atoms with Crippen molar-refractivity contribution in [1.82, 2.24) is 34.1 Å². The fourth-order valence-corrected chi connectivity index (χ4v) is 9.32. The van der Waals surface area contributed by atoms with Gasteiger partial charge in [0.15, 0.2) is 35.4 Å². The molecule has 25 heteroatoms. The second-order valence-electron chi connectivity index (χ2n) is 11.6. The quantitative estimate of drug-likeness (QED) is 0.180. The number of nitrogens with zero attached hydrogens (tertiary/aromatic N) is 6. The molecule has 4 fully saturated rings. The summed E-state index contributed by atoms with van der Waals surface area (Å²) in [6, 6.07) is 1.50. The van der Waals surface area contributed by atoms with Gasteiger partial charge in [0.1, 0.15) is 23.8 Å². The third-order valence-corrected chi connectivity index (χ3v) is 11.9. The Morgan fingerprint density at radius 1 is 0.979 bits per heavy atom. The normalized spacial score (nSPS) is 39.6. The first-order valence-electron chi connectivity index (χ1n) is 14.0. The topological polar surface area (TPSA) is 242 Å². The predicted octanol–water partition coefficient (Wildman–Crippen LogP) is 1.14. The van der Waals surface area contributed by atoms with E-state index in [0.29, 0.717) is 0 Å². The van der Waals surface area contributed by atoms with Gasteiger partial charge in [0.2, 0.25) is 5.95 Å². The molecule has 0 radical (unpaired) electrons. The summed E-state index contributed by atoms with van der Waals surface area (Å²) in [6.07, 6.45) is -8.59. The summed E-state index contributed by atoms with van der Waals surface area (Å²) >= 11 is 10.4. The van der Waals surface area contributed by atoms with Crippen LogP contribution in [-0.2, 0) is 51.2 Å². The molecule has 18 nitrogen and oxygen atoms in total. The summed E-state index contributed by atoms with van der Waals surface area (Å²) in [5, 5.41) is 0. The second kappa shape index (κ2) is 10.9. The van der Waals surface area contributed by atoms with Gasteiger partial charge in [-0.15, -0.1) is 0 Å². The maximum Gasteiger partial charge on any atom is 0.325 e. The number of nitrogen functional groups attached to an aromatic ring is 2. The van der Waals surface area contributed by atoms with Gasteiger partial charge >= 0.3 is 13.4 Å². The molecule has 4 aromatic heterocycles. The number of H-pyrrole nitrogens is 1. The number of anilines is 2. The molecule has 0 aromatic carbocycles. The van der Waals surface area contributed by atoms with Crippen LogP contribution in [0, 0.1) is 5.41 Å². The number of nitrogens with one attached hydrogen (secondary N) is 1. The van der Waals surface area contributed by atoms with Gasteiger partial charge in [-0.3, -0.25) is 28.0 Å². The smallest absolute Gasteiger partial charge is 0.325 e. The summed E-state index contributed by atoms with van der Waals surface area (Å²) < 4.78 is 83.7. The third-order valence-electron chi connectivity index (χ3n) is 8.77. The van der Waals surface area contributed by atoms with Gasteiger partial charge in [-0.1, -0.05) is 0 Å². The number of rotatable bonds is 2. The van der Waals surface area contributed by atoms with Gasteiger partial charge in [0, 0.05) is 12.6 Å². The van der Waals surface area contributed by atoms with E-state index in [1.165, 1.54) is 23.2 Å². The zero-order valence-electron chi connectivity index (χ0n) is 23.9. The van der Waals surface area contributed by atoms with Crippen LogP contribution in [0.4, 0.5) is 24.8 Å². The lowest BCUT2D eigenvalue weighted by Crippen LogP contribution is -2.37. The highest BCUT2D eigenvalue weighted by atomic mass is 32.5. The van der Waals surface area contributed by atoms with E-state index >= 15 is 13.2 Å². The van der Waals surface area contributed by atoms with Crippen molar-refractivity contribution in [2.75, 3.05) is 24.7 Å². The Labute approximate surface area is 276 Å². The molecule has 3 saturated heterocycles. The van der Waals surface area contributed by atoms with Crippen molar-refractivity contribution < 1.29 is 50.5 Å². The monoisotopic (exact) mass is 753 g/mol. The number of hydrogen-bond acceptors (Lipinski definition) is 15. The number of ether oxygens (including phenoxy) is 2. The summed E-state index contributed by atoms with van der Waals surface area (Å²) in [6.45, 7) is -10.4. The molecule has 8 rings (SSSR count). The highest BCUT2D eigenvalue weighted by Gasteiger charge is 2.83. The molecule has 10 atom stereocenters. The van der Waals surface area contributed by atoms with Crippen LogP contribution >= 0.6 is 13.4 Å². The van der Waals surface area contributed by atoms with Crippen molar-refractivity contribution in [3.05, 3.63) is 35.3 Å². The molecule has 3 aliphatic heterocycles. The first-order chi connectivity index (χ1) is 22.6. The molecule has 1 aliphatic carbocycles. The molecular formula is C23H24F3N9O9P2S2. The van der Waals surface area contributed by atoms with E-state index in [1.54, 1.807) is 0 Å². The lowest BCUT2D eigenvalue weighted by atomic mass is 9.94. The molecule has 4 aliphatic rings. The maximum atomic E-state index is 16.2. The van der Waals surface area contributed by atoms with Crippen molar-refractivity contribution in [1.29, 1.82) is 0 Å². The average molecular weight is 754 g/mol. The van der Waals surface area contributed by atoms with Gasteiger partial charge in [-0.05, 0) is 29.7 Å². The standard InChI is InChI=1S/C23H24F3N9O9P2S2/c24-11-14-9(41-19(11)35-7-31-13-17(35)32-21(28)33-18(13)36)3-39-46(38,48)44-15-20(34-6-30-12-8(27)1-2-29-16(12)34)42-10(4-40-45(37,47)43-14)22(15)5-23(22,25)26/h1-2,6-7,9-11,14-15,19-20H,3-5H2,(H2,27,29)(H,37,47)(H,38,48)(H3,28,32,33,36)/t9-,10-,11-,14-,15+,19-,20-,22-,45?,46?/m1/s1. The Bertz CT molecular complexity index is 2120. The van der Waals surface area contributed by atoms with Crippen LogP contribution in [-0.4, -0.2) is 93.6 Å². The van der Waals surface area contributed by atoms with Crippen LogP contribution in [0.15, 0.2) is 29.7 Å². The van der Waals surface area contributed by atoms with Crippen molar-refractivity contribution >= 4 is 71.0 Å². The van der Waals surface area contributed by atoms with Crippen LogP contribution in [0.25, 0.3) is 22.3 Å². The number of aromatic nitrogens is 7. The lowest BCUT2D eigenvalue weighted by molar-refractivity contribution is -0.0605. The van der Waals surface area contributed by atoms with Crippen LogP contribution < -0.4 is 17.0 Å². The molecule has 1 saturated carbocycles. The Kier molecular flexibility index (Phi) is 7.40. The van der Waals surface area contributed by atoms with E-state index in [9.17, 15) is 14.6 Å². The number of halogens is 3. The molecule has 7 N–H and O–H groups in total. The Hall–Kier alpha value is -2.66. The summed E-state index contributed by atoms with van der Waals surface area (Å²) in [5.41, 5.74) is 9.20. The molecule has 0 amide bonds. The minimum Gasteiger partial charge on any atom is -0.397 e. The van der Waals surface area contributed by atoms with E-state index in [-0.39, 0.29) is 34.0 Å².